The Morgan fingerprint density at radius 2 is 1.93 bits per heavy atom. The van der Waals surface area contributed by atoms with Gasteiger partial charge in [0.2, 0.25) is 12.7 Å². The fourth-order valence-corrected chi connectivity index (χ4v) is 3.87. The molecule has 2 fully saturated rings. The Hall–Kier alpha value is -2.36. The van der Waals surface area contributed by atoms with Crippen LogP contribution in [-0.4, -0.2) is 79.8 Å². The molecule has 3 heterocycles. The minimum atomic E-state index is -0.552. The van der Waals surface area contributed by atoms with Crippen LogP contribution in [0.2, 0.25) is 0 Å². The number of ether oxygens (including phenoxy) is 4. The van der Waals surface area contributed by atoms with Crippen LogP contribution < -0.4 is 14.8 Å². The molecule has 0 saturated carbocycles. The third-order valence-corrected chi connectivity index (χ3v) is 5.51. The van der Waals surface area contributed by atoms with Crippen molar-refractivity contribution in [3.8, 4) is 11.5 Å². The molecule has 3 aliphatic rings. The summed E-state index contributed by atoms with van der Waals surface area (Å²) >= 11 is 0. The fourth-order valence-electron chi connectivity index (χ4n) is 3.87. The zero-order valence-electron chi connectivity index (χ0n) is 16.2. The number of benzene rings is 1. The summed E-state index contributed by atoms with van der Waals surface area (Å²) in [6.45, 7) is 2.24. The molecule has 2 saturated heterocycles. The highest BCUT2D eigenvalue weighted by molar-refractivity contribution is 5.95. The highest BCUT2D eigenvalue weighted by Gasteiger charge is 2.34. The molecule has 0 bridgehead atoms. The van der Waals surface area contributed by atoms with Gasteiger partial charge >= 0.3 is 0 Å². The summed E-state index contributed by atoms with van der Waals surface area (Å²) in [6, 6.07) is 4.68. The Morgan fingerprint density at radius 1 is 1.14 bits per heavy atom. The van der Waals surface area contributed by atoms with Gasteiger partial charge < -0.3 is 34.3 Å². The van der Waals surface area contributed by atoms with Crippen molar-refractivity contribution in [2.24, 2.45) is 0 Å². The summed E-state index contributed by atoms with van der Waals surface area (Å²) < 4.78 is 21.8. The zero-order valence-corrected chi connectivity index (χ0v) is 16.2. The van der Waals surface area contributed by atoms with E-state index < -0.39 is 6.10 Å². The van der Waals surface area contributed by atoms with Gasteiger partial charge in [0.05, 0.1) is 38.4 Å². The maximum atomic E-state index is 12.6. The van der Waals surface area contributed by atoms with Crippen LogP contribution in [0.1, 0.15) is 29.6 Å². The topological polar surface area (TPSA) is 107 Å². The number of hydrogen-bond donors (Lipinski definition) is 2. The van der Waals surface area contributed by atoms with E-state index in [9.17, 15) is 14.7 Å². The SMILES string of the molecule is O=C(N[C@@H]1CC[C@H](CC(=O)N2CCOCC2)O[C@H]1CO)c1ccc2c(c1)OCO2. The predicted molar refractivity (Wildman–Crippen MR) is 101 cm³/mol. The number of morpholine rings is 1. The van der Waals surface area contributed by atoms with Gasteiger partial charge in [0, 0.05) is 18.7 Å². The number of nitrogens with one attached hydrogen (secondary N) is 1. The van der Waals surface area contributed by atoms with E-state index in [1.165, 1.54) is 0 Å². The highest BCUT2D eigenvalue weighted by Crippen LogP contribution is 2.32. The van der Waals surface area contributed by atoms with Crippen molar-refractivity contribution in [2.45, 2.75) is 37.5 Å². The second-order valence-corrected chi connectivity index (χ2v) is 7.40. The van der Waals surface area contributed by atoms with E-state index in [1.54, 1.807) is 23.1 Å². The first kappa shape index (κ1) is 19.9. The summed E-state index contributed by atoms with van der Waals surface area (Å²) in [5.74, 6) is 0.928. The Bertz CT molecular complexity index is 750. The van der Waals surface area contributed by atoms with Crippen molar-refractivity contribution in [1.82, 2.24) is 10.2 Å². The molecule has 3 aliphatic heterocycles. The minimum absolute atomic E-state index is 0.0397. The van der Waals surface area contributed by atoms with Gasteiger partial charge in [-0.25, -0.2) is 0 Å². The summed E-state index contributed by atoms with van der Waals surface area (Å²) in [6.07, 6.45) is 0.728. The van der Waals surface area contributed by atoms with Crippen molar-refractivity contribution >= 4 is 11.8 Å². The molecule has 2 amide bonds. The lowest BCUT2D eigenvalue weighted by Gasteiger charge is -2.37. The second kappa shape index (κ2) is 8.98. The van der Waals surface area contributed by atoms with E-state index >= 15 is 0 Å². The molecule has 9 nitrogen and oxygen atoms in total. The Balaban J connectivity index is 1.31. The normalized spacial score (nSPS) is 26.2. The molecule has 0 spiro atoms. The highest BCUT2D eigenvalue weighted by atomic mass is 16.7. The minimum Gasteiger partial charge on any atom is -0.454 e. The first-order valence-corrected chi connectivity index (χ1v) is 9.96. The monoisotopic (exact) mass is 406 g/mol. The fraction of sp³-hybridized carbons (Fsp3) is 0.600. The second-order valence-electron chi connectivity index (χ2n) is 7.40. The molecule has 4 rings (SSSR count). The van der Waals surface area contributed by atoms with Gasteiger partial charge in [0.25, 0.3) is 5.91 Å². The van der Waals surface area contributed by atoms with E-state index in [4.69, 9.17) is 18.9 Å². The quantitative estimate of drug-likeness (QED) is 0.724. The first-order valence-electron chi connectivity index (χ1n) is 9.96. The first-order chi connectivity index (χ1) is 14.1. The third-order valence-electron chi connectivity index (χ3n) is 5.51. The van der Waals surface area contributed by atoms with Crippen LogP contribution in [0.5, 0.6) is 11.5 Å². The van der Waals surface area contributed by atoms with E-state index in [1.807, 2.05) is 0 Å². The number of carbonyl (C=O) groups is 2. The summed E-state index contributed by atoms with van der Waals surface area (Å²) in [7, 11) is 0. The number of carbonyl (C=O) groups excluding carboxylic acids is 2. The molecule has 3 atom stereocenters. The van der Waals surface area contributed by atoms with Gasteiger partial charge in [0.1, 0.15) is 6.10 Å². The van der Waals surface area contributed by atoms with E-state index in [0.717, 1.165) is 0 Å². The summed E-state index contributed by atoms with van der Waals surface area (Å²) in [4.78, 5) is 26.8. The number of nitrogens with zero attached hydrogens (tertiary/aromatic N) is 1. The molecule has 1 aromatic rings. The number of aliphatic hydroxyl groups excluding tert-OH is 1. The van der Waals surface area contributed by atoms with Gasteiger partial charge in [-0.3, -0.25) is 9.59 Å². The standard InChI is InChI=1S/C20H26N2O7/c23-11-18-15(21-20(25)13-1-4-16-17(9-13)28-12-27-16)3-2-14(29-18)10-19(24)22-5-7-26-8-6-22/h1,4,9,14-15,18,23H,2-3,5-8,10-12H2,(H,21,25)/t14-,15-,18+/m1/s1. The molecular weight excluding hydrogens is 380 g/mol. The molecule has 2 N–H and O–H groups in total. The van der Waals surface area contributed by atoms with Crippen LogP contribution in [-0.2, 0) is 14.3 Å². The van der Waals surface area contributed by atoms with Crippen LogP contribution >= 0.6 is 0 Å². The number of fused-ring (bicyclic) bond motifs is 1. The number of hydrogen-bond acceptors (Lipinski definition) is 7. The lowest BCUT2D eigenvalue weighted by atomic mass is 9.96. The molecular formula is C20H26N2O7. The molecule has 0 unspecified atom stereocenters. The zero-order chi connectivity index (χ0) is 20.2. The number of rotatable bonds is 5. The molecule has 29 heavy (non-hydrogen) atoms. The van der Waals surface area contributed by atoms with Crippen LogP contribution in [0, 0.1) is 0 Å². The Morgan fingerprint density at radius 3 is 2.72 bits per heavy atom. The molecule has 0 aromatic heterocycles. The van der Waals surface area contributed by atoms with E-state index in [2.05, 4.69) is 5.32 Å². The molecule has 9 heteroatoms. The van der Waals surface area contributed by atoms with Crippen LogP contribution in [0.25, 0.3) is 0 Å². The van der Waals surface area contributed by atoms with Gasteiger partial charge in [0.15, 0.2) is 11.5 Å². The lowest BCUT2D eigenvalue weighted by Crippen LogP contribution is -2.52. The lowest BCUT2D eigenvalue weighted by molar-refractivity contribution is -0.143. The van der Waals surface area contributed by atoms with Crippen LogP contribution in [0.4, 0.5) is 0 Å². The number of aliphatic hydroxyl groups is 1. The van der Waals surface area contributed by atoms with Crippen molar-refractivity contribution in [2.75, 3.05) is 39.7 Å². The Kier molecular flexibility index (Phi) is 6.17. The van der Waals surface area contributed by atoms with Crippen LogP contribution in [0.15, 0.2) is 18.2 Å². The molecule has 1 aromatic carbocycles. The van der Waals surface area contributed by atoms with E-state index in [-0.39, 0.29) is 43.8 Å². The molecule has 0 radical (unpaired) electrons. The smallest absolute Gasteiger partial charge is 0.251 e. The van der Waals surface area contributed by atoms with Gasteiger partial charge in [-0.2, -0.15) is 0 Å². The maximum absolute atomic E-state index is 12.6. The Labute approximate surface area is 168 Å². The average molecular weight is 406 g/mol. The number of amides is 2. The van der Waals surface area contributed by atoms with Crippen LogP contribution in [0.3, 0.4) is 0 Å². The third kappa shape index (κ3) is 4.63. The summed E-state index contributed by atoms with van der Waals surface area (Å²) in [5, 5.41) is 12.7. The van der Waals surface area contributed by atoms with Gasteiger partial charge in [-0.15, -0.1) is 0 Å². The average Bonchev–Trinajstić information content (AvgIpc) is 3.23. The predicted octanol–water partition coefficient (Wildman–Crippen LogP) is 0.303. The van der Waals surface area contributed by atoms with Crippen molar-refractivity contribution in [1.29, 1.82) is 0 Å². The molecule has 0 aliphatic carbocycles. The molecule has 158 valence electrons. The summed E-state index contributed by atoms with van der Waals surface area (Å²) in [5.41, 5.74) is 0.454. The van der Waals surface area contributed by atoms with Gasteiger partial charge in [-0.05, 0) is 31.0 Å². The van der Waals surface area contributed by atoms with Crippen molar-refractivity contribution in [3.05, 3.63) is 23.8 Å². The van der Waals surface area contributed by atoms with Crippen molar-refractivity contribution in [3.63, 3.8) is 0 Å². The van der Waals surface area contributed by atoms with Gasteiger partial charge in [-0.1, -0.05) is 0 Å². The maximum Gasteiger partial charge on any atom is 0.251 e. The van der Waals surface area contributed by atoms with Crippen molar-refractivity contribution < 1.29 is 33.6 Å². The van der Waals surface area contributed by atoms with E-state index in [0.29, 0.717) is 56.2 Å². The largest absolute Gasteiger partial charge is 0.454 e.